The number of hydrogen-bond acceptors (Lipinski definition) is 5. The molecule has 1 N–H and O–H groups in total. The van der Waals surface area contributed by atoms with E-state index < -0.39 is 0 Å². The molecule has 1 atom stereocenters. The minimum Gasteiger partial charge on any atom is -0.419 e. The smallest absolute Gasteiger partial charge is 0.248 e. The molecule has 2 aromatic heterocycles. The minimum absolute atomic E-state index is 0.142. The summed E-state index contributed by atoms with van der Waals surface area (Å²) in [5, 5.41) is 13.5. The highest BCUT2D eigenvalue weighted by Crippen LogP contribution is 2.29. The van der Waals surface area contributed by atoms with Crippen LogP contribution >= 0.6 is 27.3 Å². The van der Waals surface area contributed by atoms with Crippen LogP contribution in [0.25, 0.3) is 11.5 Å². The summed E-state index contributed by atoms with van der Waals surface area (Å²) >= 11 is 5.03. The van der Waals surface area contributed by atoms with Gasteiger partial charge in [0.05, 0.1) is 15.4 Å². The maximum Gasteiger partial charge on any atom is 0.248 e. The Morgan fingerprint density at radius 3 is 2.88 bits per heavy atom. The molecule has 0 fully saturated rings. The van der Waals surface area contributed by atoms with Gasteiger partial charge in [0, 0.05) is 5.38 Å². The van der Waals surface area contributed by atoms with E-state index in [0.29, 0.717) is 11.8 Å². The average molecular weight is 316 g/mol. The SMILES string of the molecule is CCNC(CC)c1nnc(-c2csc(Br)c2)o1. The van der Waals surface area contributed by atoms with Crippen LogP contribution in [0.2, 0.25) is 0 Å². The molecule has 0 bridgehead atoms. The Morgan fingerprint density at radius 1 is 1.47 bits per heavy atom. The third-order valence-corrected chi connectivity index (χ3v) is 3.92. The van der Waals surface area contributed by atoms with Gasteiger partial charge >= 0.3 is 0 Å². The standard InChI is InChI=1S/C11H14BrN3OS/c1-3-8(13-4-2)11-15-14-10(16-11)7-5-9(12)17-6-7/h5-6,8,13H,3-4H2,1-2H3. The lowest BCUT2D eigenvalue weighted by molar-refractivity contribution is 0.402. The summed E-state index contributed by atoms with van der Waals surface area (Å²) in [6.07, 6.45) is 0.933. The predicted molar refractivity (Wildman–Crippen MR) is 72.0 cm³/mol. The summed E-state index contributed by atoms with van der Waals surface area (Å²) in [5.41, 5.74) is 0.965. The third-order valence-electron chi connectivity index (χ3n) is 2.41. The second-order valence-corrected chi connectivity index (χ2v) is 5.89. The highest BCUT2D eigenvalue weighted by molar-refractivity contribution is 9.11. The maximum absolute atomic E-state index is 5.69. The molecule has 0 saturated carbocycles. The van der Waals surface area contributed by atoms with Gasteiger partial charge in [-0.15, -0.1) is 21.5 Å². The van der Waals surface area contributed by atoms with Gasteiger partial charge < -0.3 is 9.73 Å². The Labute approximate surface area is 113 Å². The lowest BCUT2D eigenvalue weighted by Crippen LogP contribution is -2.20. The fourth-order valence-corrected chi connectivity index (χ4v) is 2.70. The first-order chi connectivity index (χ1) is 8.24. The Bertz CT molecular complexity index is 483. The number of halogens is 1. The minimum atomic E-state index is 0.142. The van der Waals surface area contributed by atoms with Gasteiger partial charge in [0.2, 0.25) is 11.8 Å². The molecular weight excluding hydrogens is 302 g/mol. The summed E-state index contributed by atoms with van der Waals surface area (Å²) in [5.74, 6) is 1.24. The average Bonchev–Trinajstić information content (AvgIpc) is 2.94. The second-order valence-electron chi connectivity index (χ2n) is 3.60. The van der Waals surface area contributed by atoms with E-state index in [4.69, 9.17) is 4.42 Å². The highest BCUT2D eigenvalue weighted by Gasteiger charge is 2.17. The van der Waals surface area contributed by atoms with Crippen molar-refractivity contribution in [1.82, 2.24) is 15.5 Å². The third kappa shape index (κ3) is 2.94. The molecule has 0 aliphatic carbocycles. The van der Waals surface area contributed by atoms with Gasteiger partial charge in [-0.05, 0) is 35.0 Å². The molecule has 2 rings (SSSR count). The lowest BCUT2D eigenvalue weighted by Gasteiger charge is -2.09. The van der Waals surface area contributed by atoms with Crippen molar-refractivity contribution in [3.05, 3.63) is 21.1 Å². The summed E-state index contributed by atoms with van der Waals surface area (Å²) in [7, 11) is 0. The summed E-state index contributed by atoms with van der Waals surface area (Å²) in [4.78, 5) is 0. The molecule has 17 heavy (non-hydrogen) atoms. The zero-order valence-corrected chi connectivity index (χ0v) is 12.1. The molecule has 2 heterocycles. The Kier molecular flexibility index (Phi) is 4.31. The van der Waals surface area contributed by atoms with Crippen LogP contribution in [0.1, 0.15) is 32.2 Å². The zero-order chi connectivity index (χ0) is 12.3. The number of nitrogens with one attached hydrogen (secondary N) is 1. The first-order valence-electron chi connectivity index (χ1n) is 5.55. The van der Waals surface area contributed by atoms with E-state index in [9.17, 15) is 0 Å². The van der Waals surface area contributed by atoms with Gasteiger partial charge in [0.1, 0.15) is 0 Å². The summed E-state index contributed by atoms with van der Waals surface area (Å²) in [6, 6.07) is 2.12. The van der Waals surface area contributed by atoms with Crippen LogP contribution in [0, 0.1) is 0 Å². The monoisotopic (exact) mass is 315 g/mol. The number of aromatic nitrogens is 2. The van der Waals surface area contributed by atoms with Crippen LogP contribution in [0.5, 0.6) is 0 Å². The van der Waals surface area contributed by atoms with Gasteiger partial charge in [-0.3, -0.25) is 0 Å². The van der Waals surface area contributed by atoms with Gasteiger partial charge in [0.15, 0.2) is 0 Å². The molecule has 0 aliphatic heterocycles. The number of thiophene rings is 1. The Balaban J connectivity index is 2.20. The quantitative estimate of drug-likeness (QED) is 0.915. The molecule has 0 spiro atoms. The van der Waals surface area contributed by atoms with E-state index in [1.54, 1.807) is 11.3 Å². The molecule has 0 radical (unpaired) electrons. The first kappa shape index (κ1) is 12.7. The van der Waals surface area contributed by atoms with E-state index in [2.05, 4.69) is 45.3 Å². The summed E-state index contributed by atoms with van der Waals surface area (Å²) in [6.45, 7) is 5.05. The van der Waals surface area contributed by atoms with Crippen LogP contribution in [-0.4, -0.2) is 16.7 Å². The molecule has 0 amide bonds. The molecule has 92 valence electrons. The first-order valence-corrected chi connectivity index (χ1v) is 7.23. The number of rotatable bonds is 5. The molecule has 1 unspecified atom stereocenters. The molecule has 2 aromatic rings. The number of hydrogen-bond donors (Lipinski definition) is 1. The number of nitrogens with zero attached hydrogens (tertiary/aromatic N) is 2. The van der Waals surface area contributed by atoms with Crippen LogP contribution in [-0.2, 0) is 0 Å². The Morgan fingerprint density at radius 2 is 2.29 bits per heavy atom. The molecular formula is C11H14BrN3OS. The van der Waals surface area contributed by atoms with Crippen LogP contribution in [0.3, 0.4) is 0 Å². The van der Waals surface area contributed by atoms with Crippen molar-refractivity contribution in [2.75, 3.05) is 6.54 Å². The van der Waals surface area contributed by atoms with Crippen LogP contribution in [0.15, 0.2) is 19.6 Å². The lowest BCUT2D eigenvalue weighted by atomic mass is 10.2. The van der Waals surface area contributed by atoms with Crippen molar-refractivity contribution in [1.29, 1.82) is 0 Å². The largest absolute Gasteiger partial charge is 0.419 e. The molecule has 0 aliphatic rings. The van der Waals surface area contributed by atoms with E-state index in [1.165, 1.54) is 0 Å². The van der Waals surface area contributed by atoms with Gasteiger partial charge in [-0.2, -0.15) is 0 Å². The van der Waals surface area contributed by atoms with Crippen LogP contribution in [0.4, 0.5) is 0 Å². The predicted octanol–water partition coefficient (Wildman–Crippen LogP) is 3.62. The summed E-state index contributed by atoms with van der Waals surface area (Å²) < 4.78 is 6.75. The maximum atomic E-state index is 5.69. The van der Waals surface area contributed by atoms with Crippen LogP contribution < -0.4 is 5.32 Å². The molecule has 6 heteroatoms. The molecule has 4 nitrogen and oxygen atoms in total. The normalized spacial score (nSPS) is 12.9. The van der Waals surface area contributed by atoms with E-state index >= 15 is 0 Å². The fraction of sp³-hybridized carbons (Fsp3) is 0.455. The van der Waals surface area contributed by atoms with Crippen molar-refractivity contribution in [2.24, 2.45) is 0 Å². The van der Waals surface area contributed by atoms with E-state index in [-0.39, 0.29) is 6.04 Å². The fourth-order valence-electron chi connectivity index (χ4n) is 1.57. The van der Waals surface area contributed by atoms with Crippen molar-refractivity contribution >= 4 is 27.3 Å². The zero-order valence-electron chi connectivity index (χ0n) is 9.74. The van der Waals surface area contributed by atoms with E-state index in [1.807, 2.05) is 11.4 Å². The van der Waals surface area contributed by atoms with Gasteiger partial charge in [-0.1, -0.05) is 13.8 Å². The second kappa shape index (κ2) is 5.75. The van der Waals surface area contributed by atoms with Gasteiger partial charge in [-0.25, -0.2) is 0 Å². The van der Waals surface area contributed by atoms with Crippen molar-refractivity contribution < 1.29 is 4.42 Å². The molecule has 0 aromatic carbocycles. The topological polar surface area (TPSA) is 51.0 Å². The van der Waals surface area contributed by atoms with Crippen molar-refractivity contribution in [3.8, 4) is 11.5 Å². The highest BCUT2D eigenvalue weighted by atomic mass is 79.9. The molecule has 0 saturated heterocycles. The van der Waals surface area contributed by atoms with Crippen molar-refractivity contribution in [3.63, 3.8) is 0 Å². The van der Waals surface area contributed by atoms with E-state index in [0.717, 1.165) is 22.3 Å². The Hall–Kier alpha value is -0.720. The van der Waals surface area contributed by atoms with Gasteiger partial charge in [0.25, 0.3) is 0 Å². The van der Waals surface area contributed by atoms with Crippen molar-refractivity contribution in [2.45, 2.75) is 26.3 Å².